The van der Waals surface area contributed by atoms with E-state index in [0.717, 1.165) is 6.54 Å². The van der Waals surface area contributed by atoms with E-state index in [1.54, 1.807) is 4.88 Å². The van der Waals surface area contributed by atoms with Crippen molar-refractivity contribution in [2.75, 3.05) is 19.8 Å². The van der Waals surface area contributed by atoms with Crippen LogP contribution in [0.4, 0.5) is 0 Å². The highest BCUT2D eigenvalue weighted by Crippen LogP contribution is 2.33. The molecule has 0 bridgehead atoms. The minimum absolute atomic E-state index is 0.121. The normalized spacial score (nSPS) is 19.2. The van der Waals surface area contributed by atoms with Crippen LogP contribution in [0.25, 0.3) is 0 Å². The SMILES string of the molecule is CCOC(CNC1CCCc2sccc21)OCC. The lowest BCUT2D eigenvalue weighted by Crippen LogP contribution is -2.35. The van der Waals surface area contributed by atoms with E-state index in [4.69, 9.17) is 9.47 Å². The lowest BCUT2D eigenvalue weighted by Gasteiger charge is -2.26. The molecule has 1 atom stereocenters. The van der Waals surface area contributed by atoms with Gasteiger partial charge in [0.25, 0.3) is 0 Å². The molecule has 1 aromatic heterocycles. The fraction of sp³-hybridized carbons (Fsp3) is 0.714. The summed E-state index contributed by atoms with van der Waals surface area (Å²) in [5.41, 5.74) is 1.48. The lowest BCUT2D eigenvalue weighted by molar-refractivity contribution is -0.134. The number of thiophene rings is 1. The van der Waals surface area contributed by atoms with E-state index in [1.807, 2.05) is 25.2 Å². The van der Waals surface area contributed by atoms with Crippen molar-refractivity contribution in [1.29, 1.82) is 0 Å². The van der Waals surface area contributed by atoms with Crippen LogP contribution in [-0.4, -0.2) is 26.0 Å². The van der Waals surface area contributed by atoms with E-state index in [0.29, 0.717) is 19.3 Å². The van der Waals surface area contributed by atoms with Crippen LogP contribution >= 0.6 is 11.3 Å². The van der Waals surface area contributed by atoms with Gasteiger partial charge in [0.2, 0.25) is 0 Å². The third kappa shape index (κ3) is 3.54. The molecule has 1 aromatic rings. The summed E-state index contributed by atoms with van der Waals surface area (Å²) in [6, 6.07) is 2.73. The van der Waals surface area contributed by atoms with Gasteiger partial charge >= 0.3 is 0 Å². The van der Waals surface area contributed by atoms with Gasteiger partial charge in [0, 0.05) is 30.7 Å². The molecule has 0 fully saturated rings. The first-order valence-corrected chi connectivity index (χ1v) is 7.76. The predicted octanol–water partition coefficient (Wildman–Crippen LogP) is 3.11. The molecule has 0 saturated heterocycles. The van der Waals surface area contributed by atoms with Gasteiger partial charge in [-0.05, 0) is 50.1 Å². The van der Waals surface area contributed by atoms with Crippen LogP contribution in [-0.2, 0) is 15.9 Å². The zero-order chi connectivity index (χ0) is 12.8. The number of hydrogen-bond donors (Lipinski definition) is 1. The molecule has 0 amide bonds. The van der Waals surface area contributed by atoms with E-state index in [-0.39, 0.29) is 6.29 Å². The standard InChI is InChI=1S/C14H23NO2S/c1-3-16-14(17-4-2)10-15-12-6-5-7-13-11(12)8-9-18-13/h8-9,12,14-15H,3-7,10H2,1-2H3. The van der Waals surface area contributed by atoms with Crippen LogP contribution < -0.4 is 5.32 Å². The van der Waals surface area contributed by atoms with Gasteiger partial charge in [-0.25, -0.2) is 0 Å². The molecule has 0 aliphatic heterocycles. The number of rotatable bonds is 7. The Morgan fingerprint density at radius 1 is 1.39 bits per heavy atom. The van der Waals surface area contributed by atoms with Crippen molar-refractivity contribution in [3.63, 3.8) is 0 Å². The summed E-state index contributed by atoms with van der Waals surface area (Å²) in [6.07, 6.45) is 3.61. The van der Waals surface area contributed by atoms with E-state index in [9.17, 15) is 0 Å². The molecular formula is C14H23NO2S. The number of ether oxygens (including phenoxy) is 2. The minimum atomic E-state index is -0.121. The fourth-order valence-corrected chi connectivity index (χ4v) is 3.46. The second-order valence-corrected chi connectivity index (χ2v) is 5.49. The van der Waals surface area contributed by atoms with Crippen molar-refractivity contribution in [2.45, 2.75) is 45.4 Å². The first kappa shape index (κ1) is 14.0. The molecule has 3 nitrogen and oxygen atoms in total. The fourth-order valence-electron chi connectivity index (χ4n) is 2.47. The van der Waals surface area contributed by atoms with Gasteiger partial charge < -0.3 is 14.8 Å². The molecule has 1 aliphatic carbocycles. The highest BCUT2D eigenvalue weighted by atomic mass is 32.1. The molecule has 1 heterocycles. The van der Waals surface area contributed by atoms with E-state index < -0.39 is 0 Å². The first-order chi connectivity index (χ1) is 8.85. The number of nitrogens with one attached hydrogen (secondary N) is 1. The van der Waals surface area contributed by atoms with Crippen molar-refractivity contribution < 1.29 is 9.47 Å². The molecule has 0 saturated carbocycles. The topological polar surface area (TPSA) is 30.5 Å². The molecule has 0 aromatic carbocycles. The first-order valence-electron chi connectivity index (χ1n) is 6.88. The molecule has 1 unspecified atom stereocenters. The quantitative estimate of drug-likeness (QED) is 0.772. The van der Waals surface area contributed by atoms with Crippen molar-refractivity contribution in [1.82, 2.24) is 5.32 Å². The van der Waals surface area contributed by atoms with E-state index in [2.05, 4.69) is 16.8 Å². The Morgan fingerprint density at radius 3 is 2.89 bits per heavy atom. The van der Waals surface area contributed by atoms with Crippen molar-refractivity contribution >= 4 is 11.3 Å². The Bertz CT molecular complexity index is 347. The summed E-state index contributed by atoms with van der Waals surface area (Å²) < 4.78 is 11.1. The minimum Gasteiger partial charge on any atom is -0.352 e. The molecule has 0 radical (unpaired) electrons. The molecule has 0 spiro atoms. The molecular weight excluding hydrogens is 246 g/mol. The van der Waals surface area contributed by atoms with Crippen LogP contribution in [0.5, 0.6) is 0 Å². The number of hydrogen-bond acceptors (Lipinski definition) is 4. The largest absolute Gasteiger partial charge is 0.352 e. The summed E-state index contributed by atoms with van der Waals surface area (Å²) in [5.74, 6) is 0. The summed E-state index contributed by atoms with van der Waals surface area (Å²) in [7, 11) is 0. The van der Waals surface area contributed by atoms with Crippen molar-refractivity contribution in [3.05, 3.63) is 21.9 Å². The predicted molar refractivity (Wildman–Crippen MR) is 75.0 cm³/mol. The highest BCUT2D eigenvalue weighted by molar-refractivity contribution is 7.10. The number of fused-ring (bicyclic) bond motifs is 1. The van der Waals surface area contributed by atoms with Crippen LogP contribution in [0.1, 0.15) is 43.2 Å². The third-order valence-electron chi connectivity index (χ3n) is 3.29. The van der Waals surface area contributed by atoms with Gasteiger partial charge in [-0.3, -0.25) is 0 Å². The average molecular weight is 269 g/mol. The van der Waals surface area contributed by atoms with Crippen LogP contribution in [0.3, 0.4) is 0 Å². The van der Waals surface area contributed by atoms with Gasteiger partial charge in [0.15, 0.2) is 6.29 Å². The third-order valence-corrected chi connectivity index (χ3v) is 4.28. The molecule has 102 valence electrons. The zero-order valence-electron chi connectivity index (χ0n) is 11.3. The summed E-state index contributed by atoms with van der Waals surface area (Å²) in [6.45, 7) is 6.16. The second-order valence-electron chi connectivity index (χ2n) is 4.49. The molecule has 18 heavy (non-hydrogen) atoms. The smallest absolute Gasteiger partial charge is 0.169 e. The Kier molecular flexibility index (Phi) is 5.63. The van der Waals surface area contributed by atoms with Crippen LogP contribution in [0, 0.1) is 0 Å². The Hall–Kier alpha value is -0.420. The number of aryl methyl sites for hydroxylation is 1. The van der Waals surface area contributed by atoms with Crippen molar-refractivity contribution in [2.24, 2.45) is 0 Å². The maximum atomic E-state index is 5.56. The van der Waals surface area contributed by atoms with Crippen LogP contribution in [0.15, 0.2) is 11.4 Å². The summed E-state index contributed by atoms with van der Waals surface area (Å²) in [5, 5.41) is 5.79. The Balaban J connectivity index is 1.87. The maximum absolute atomic E-state index is 5.56. The molecule has 1 N–H and O–H groups in total. The summed E-state index contributed by atoms with van der Waals surface area (Å²) in [4.78, 5) is 1.54. The average Bonchev–Trinajstić information content (AvgIpc) is 2.85. The summed E-state index contributed by atoms with van der Waals surface area (Å²) >= 11 is 1.88. The lowest BCUT2D eigenvalue weighted by atomic mass is 9.94. The van der Waals surface area contributed by atoms with Gasteiger partial charge in [-0.1, -0.05) is 0 Å². The monoisotopic (exact) mass is 269 g/mol. The van der Waals surface area contributed by atoms with Crippen LogP contribution in [0.2, 0.25) is 0 Å². The van der Waals surface area contributed by atoms with Crippen molar-refractivity contribution in [3.8, 4) is 0 Å². The zero-order valence-corrected chi connectivity index (χ0v) is 12.1. The highest BCUT2D eigenvalue weighted by Gasteiger charge is 2.21. The van der Waals surface area contributed by atoms with E-state index in [1.165, 1.54) is 24.8 Å². The van der Waals surface area contributed by atoms with Gasteiger partial charge in [-0.2, -0.15) is 0 Å². The van der Waals surface area contributed by atoms with Gasteiger partial charge in [0.05, 0.1) is 0 Å². The Labute approximate surface area is 113 Å². The Morgan fingerprint density at radius 2 is 2.17 bits per heavy atom. The molecule has 1 aliphatic rings. The second kappa shape index (κ2) is 7.24. The van der Waals surface area contributed by atoms with Gasteiger partial charge in [-0.15, -0.1) is 11.3 Å². The van der Waals surface area contributed by atoms with E-state index >= 15 is 0 Å². The van der Waals surface area contributed by atoms with Gasteiger partial charge in [0.1, 0.15) is 0 Å². The molecule has 4 heteroatoms. The molecule has 2 rings (SSSR count). The maximum Gasteiger partial charge on any atom is 0.169 e.